The number of hydrogen-bond donors (Lipinski definition) is 3. The zero-order valence-electron chi connectivity index (χ0n) is 8.20. The molecule has 0 aliphatic heterocycles. The van der Waals surface area contributed by atoms with E-state index in [0.717, 1.165) is 12.8 Å². The molecule has 0 aromatic carbocycles. The van der Waals surface area contributed by atoms with E-state index >= 15 is 0 Å². The van der Waals surface area contributed by atoms with Gasteiger partial charge in [-0.2, -0.15) is 0 Å². The zero-order valence-corrected chi connectivity index (χ0v) is 8.20. The summed E-state index contributed by atoms with van der Waals surface area (Å²) in [5, 5.41) is 26.8. The third-order valence-electron chi connectivity index (χ3n) is 2.06. The highest BCUT2D eigenvalue weighted by Gasteiger charge is 2.28. The molecular formula is C9H20O4. The molecule has 0 spiro atoms. The molecule has 0 aromatic heterocycles. The largest absolute Gasteiger partial charge is 0.396 e. The van der Waals surface area contributed by atoms with Crippen LogP contribution in [0.2, 0.25) is 0 Å². The van der Waals surface area contributed by atoms with Gasteiger partial charge in [0.1, 0.15) is 0 Å². The maximum atomic E-state index is 8.93. The van der Waals surface area contributed by atoms with Crippen molar-refractivity contribution in [2.45, 2.75) is 19.8 Å². The van der Waals surface area contributed by atoms with E-state index < -0.39 is 5.41 Å². The quantitative estimate of drug-likeness (QED) is 0.464. The smallest absolute Gasteiger partial charge is 0.0629 e. The third kappa shape index (κ3) is 4.57. The fourth-order valence-electron chi connectivity index (χ4n) is 0.822. The van der Waals surface area contributed by atoms with E-state index in [4.69, 9.17) is 20.1 Å². The summed E-state index contributed by atoms with van der Waals surface area (Å²) in [6, 6.07) is 0. The van der Waals surface area contributed by atoms with Gasteiger partial charge in [-0.25, -0.2) is 0 Å². The van der Waals surface area contributed by atoms with E-state index in [2.05, 4.69) is 6.92 Å². The van der Waals surface area contributed by atoms with Gasteiger partial charge < -0.3 is 20.1 Å². The van der Waals surface area contributed by atoms with Gasteiger partial charge in [-0.15, -0.1) is 0 Å². The summed E-state index contributed by atoms with van der Waals surface area (Å²) in [6.45, 7) is 2.10. The van der Waals surface area contributed by atoms with E-state index in [0.29, 0.717) is 6.61 Å². The second-order valence-electron chi connectivity index (χ2n) is 3.38. The maximum absolute atomic E-state index is 8.93. The standard InChI is InChI=1S/C9H20O4/c1-2-3-4-13-8-9(5-10,6-11)7-12/h10-12H,2-8H2,1H3. The average Bonchev–Trinajstić information content (AvgIpc) is 2.20. The van der Waals surface area contributed by atoms with Gasteiger partial charge in [-0.05, 0) is 6.42 Å². The van der Waals surface area contributed by atoms with Crippen LogP contribution >= 0.6 is 0 Å². The highest BCUT2D eigenvalue weighted by Crippen LogP contribution is 2.14. The zero-order chi connectivity index (χ0) is 10.2. The monoisotopic (exact) mass is 192 g/mol. The van der Waals surface area contributed by atoms with Crippen LogP contribution in [0.3, 0.4) is 0 Å². The van der Waals surface area contributed by atoms with Gasteiger partial charge in [0.2, 0.25) is 0 Å². The van der Waals surface area contributed by atoms with E-state index in [-0.39, 0.29) is 26.4 Å². The molecular weight excluding hydrogens is 172 g/mol. The molecule has 0 heterocycles. The Bertz CT molecular complexity index is 104. The van der Waals surface area contributed by atoms with Crippen LogP contribution in [0.25, 0.3) is 0 Å². The molecule has 0 radical (unpaired) electrons. The molecule has 80 valence electrons. The minimum atomic E-state index is -0.881. The molecule has 0 atom stereocenters. The summed E-state index contributed by atoms with van der Waals surface area (Å²) >= 11 is 0. The minimum Gasteiger partial charge on any atom is -0.396 e. The summed E-state index contributed by atoms with van der Waals surface area (Å²) in [5.41, 5.74) is -0.881. The molecule has 3 N–H and O–H groups in total. The Labute approximate surface area is 79.2 Å². The molecule has 0 unspecified atom stereocenters. The lowest BCUT2D eigenvalue weighted by atomic mass is 9.93. The van der Waals surface area contributed by atoms with Gasteiger partial charge in [0.05, 0.1) is 31.8 Å². The Kier molecular flexibility index (Phi) is 7.17. The van der Waals surface area contributed by atoms with Crippen molar-refractivity contribution < 1.29 is 20.1 Å². The highest BCUT2D eigenvalue weighted by molar-refractivity contribution is 4.76. The van der Waals surface area contributed by atoms with Crippen molar-refractivity contribution in [2.24, 2.45) is 5.41 Å². The Morgan fingerprint density at radius 1 is 1.08 bits per heavy atom. The predicted octanol–water partition coefficient (Wildman–Crippen LogP) is -0.234. The number of ether oxygens (including phenoxy) is 1. The first kappa shape index (κ1) is 12.8. The van der Waals surface area contributed by atoms with Crippen LogP contribution in [-0.4, -0.2) is 48.4 Å². The lowest BCUT2D eigenvalue weighted by Gasteiger charge is -2.26. The van der Waals surface area contributed by atoms with Crippen molar-refractivity contribution >= 4 is 0 Å². The molecule has 0 bridgehead atoms. The Hall–Kier alpha value is -0.160. The molecule has 0 aromatic rings. The number of aliphatic hydroxyl groups is 3. The number of hydrogen-bond acceptors (Lipinski definition) is 4. The molecule has 13 heavy (non-hydrogen) atoms. The molecule has 0 fully saturated rings. The van der Waals surface area contributed by atoms with Crippen molar-refractivity contribution in [2.75, 3.05) is 33.0 Å². The summed E-state index contributed by atoms with van der Waals surface area (Å²) in [5.74, 6) is 0. The lowest BCUT2D eigenvalue weighted by Crippen LogP contribution is -2.38. The van der Waals surface area contributed by atoms with Gasteiger partial charge in [-0.1, -0.05) is 13.3 Å². The normalized spacial score (nSPS) is 12.0. The van der Waals surface area contributed by atoms with Crippen molar-refractivity contribution in [3.05, 3.63) is 0 Å². The first-order valence-corrected chi connectivity index (χ1v) is 4.65. The van der Waals surface area contributed by atoms with Crippen molar-refractivity contribution in [3.8, 4) is 0 Å². The van der Waals surface area contributed by atoms with Crippen LogP contribution < -0.4 is 0 Å². The molecule has 0 aliphatic rings. The van der Waals surface area contributed by atoms with Gasteiger partial charge >= 0.3 is 0 Å². The first-order chi connectivity index (χ1) is 6.24. The SMILES string of the molecule is CCCCOCC(CO)(CO)CO. The maximum Gasteiger partial charge on any atom is 0.0629 e. The first-order valence-electron chi connectivity index (χ1n) is 4.65. The highest BCUT2D eigenvalue weighted by atomic mass is 16.5. The molecule has 0 rings (SSSR count). The predicted molar refractivity (Wildman–Crippen MR) is 49.4 cm³/mol. The van der Waals surface area contributed by atoms with E-state index in [1.54, 1.807) is 0 Å². The van der Waals surface area contributed by atoms with Crippen LogP contribution in [0.15, 0.2) is 0 Å². The van der Waals surface area contributed by atoms with Crippen LogP contribution in [-0.2, 0) is 4.74 Å². The molecule has 4 heteroatoms. The molecule has 0 saturated carbocycles. The number of aliphatic hydroxyl groups excluding tert-OH is 3. The van der Waals surface area contributed by atoms with Crippen LogP contribution in [0.1, 0.15) is 19.8 Å². The average molecular weight is 192 g/mol. The second kappa shape index (κ2) is 7.26. The second-order valence-corrected chi connectivity index (χ2v) is 3.38. The van der Waals surface area contributed by atoms with Crippen molar-refractivity contribution in [1.29, 1.82) is 0 Å². The molecule has 4 nitrogen and oxygen atoms in total. The topological polar surface area (TPSA) is 69.9 Å². The molecule has 0 amide bonds. The Morgan fingerprint density at radius 3 is 2.00 bits per heavy atom. The summed E-state index contributed by atoms with van der Waals surface area (Å²) in [6.07, 6.45) is 2.00. The molecule has 0 aliphatic carbocycles. The van der Waals surface area contributed by atoms with Gasteiger partial charge in [-0.3, -0.25) is 0 Å². The summed E-state index contributed by atoms with van der Waals surface area (Å²) < 4.78 is 5.23. The summed E-state index contributed by atoms with van der Waals surface area (Å²) in [7, 11) is 0. The fourth-order valence-corrected chi connectivity index (χ4v) is 0.822. The van der Waals surface area contributed by atoms with Gasteiger partial charge in [0.25, 0.3) is 0 Å². The van der Waals surface area contributed by atoms with Gasteiger partial charge in [0.15, 0.2) is 0 Å². The van der Waals surface area contributed by atoms with Crippen LogP contribution in [0.4, 0.5) is 0 Å². The number of unbranched alkanes of at least 4 members (excludes halogenated alkanes) is 1. The van der Waals surface area contributed by atoms with E-state index in [1.807, 2.05) is 0 Å². The van der Waals surface area contributed by atoms with E-state index in [1.165, 1.54) is 0 Å². The fraction of sp³-hybridized carbons (Fsp3) is 1.00. The van der Waals surface area contributed by atoms with Crippen molar-refractivity contribution in [3.63, 3.8) is 0 Å². The van der Waals surface area contributed by atoms with Crippen LogP contribution in [0, 0.1) is 5.41 Å². The van der Waals surface area contributed by atoms with Crippen LogP contribution in [0.5, 0.6) is 0 Å². The number of rotatable bonds is 8. The summed E-state index contributed by atoms with van der Waals surface area (Å²) in [4.78, 5) is 0. The Morgan fingerprint density at radius 2 is 1.62 bits per heavy atom. The molecule has 0 saturated heterocycles. The minimum absolute atomic E-state index is 0.205. The Balaban J connectivity index is 3.68. The van der Waals surface area contributed by atoms with Crippen molar-refractivity contribution in [1.82, 2.24) is 0 Å². The third-order valence-corrected chi connectivity index (χ3v) is 2.06. The lowest BCUT2D eigenvalue weighted by molar-refractivity contribution is -0.0580. The van der Waals surface area contributed by atoms with E-state index in [9.17, 15) is 0 Å². The van der Waals surface area contributed by atoms with Gasteiger partial charge in [0, 0.05) is 6.61 Å².